The average molecular weight is 233 g/mol. The van der Waals surface area contributed by atoms with E-state index in [0.29, 0.717) is 12.1 Å². The van der Waals surface area contributed by atoms with Gasteiger partial charge in [0.25, 0.3) is 0 Å². The van der Waals surface area contributed by atoms with Gasteiger partial charge in [-0.3, -0.25) is 4.99 Å². The summed E-state index contributed by atoms with van der Waals surface area (Å²) in [7, 11) is 0. The Kier molecular flexibility index (Phi) is 2.50. The van der Waals surface area contributed by atoms with Gasteiger partial charge in [0.15, 0.2) is 5.96 Å². The van der Waals surface area contributed by atoms with E-state index in [1.54, 1.807) is 6.07 Å². The zero-order valence-electron chi connectivity index (χ0n) is 9.78. The molecule has 2 N–H and O–H groups in total. The lowest BCUT2D eigenvalue weighted by Gasteiger charge is -2.08. The standard InChI is InChI=1S/C13H16FN3/c1-8-7-15-13(16-8)17-12-6-10(12)9-4-2-3-5-11(9)14/h2-5,8,10,12H,6-7H2,1H3,(H2,15,16,17)/t8?,10-,12+/m0/s1. The third-order valence-corrected chi connectivity index (χ3v) is 3.32. The highest BCUT2D eigenvalue weighted by molar-refractivity contribution is 5.82. The maximum atomic E-state index is 13.6. The Morgan fingerprint density at radius 2 is 2.24 bits per heavy atom. The van der Waals surface area contributed by atoms with E-state index in [1.165, 1.54) is 6.07 Å². The van der Waals surface area contributed by atoms with E-state index < -0.39 is 0 Å². The van der Waals surface area contributed by atoms with E-state index in [4.69, 9.17) is 0 Å². The summed E-state index contributed by atoms with van der Waals surface area (Å²) in [6, 6.07) is 7.74. The van der Waals surface area contributed by atoms with Gasteiger partial charge in [-0.25, -0.2) is 4.39 Å². The predicted octanol–water partition coefficient (Wildman–Crippen LogP) is 1.62. The van der Waals surface area contributed by atoms with Crippen LogP contribution in [-0.2, 0) is 0 Å². The summed E-state index contributed by atoms with van der Waals surface area (Å²) >= 11 is 0. The van der Waals surface area contributed by atoms with Crippen molar-refractivity contribution in [3.63, 3.8) is 0 Å². The number of nitrogens with one attached hydrogen (secondary N) is 2. The Bertz CT molecular complexity index is 458. The van der Waals surface area contributed by atoms with Crippen molar-refractivity contribution < 1.29 is 4.39 Å². The molecule has 3 nitrogen and oxygen atoms in total. The Morgan fingerprint density at radius 3 is 2.94 bits per heavy atom. The first kappa shape index (κ1) is 10.6. The lowest BCUT2D eigenvalue weighted by molar-refractivity contribution is 0.607. The van der Waals surface area contributed by atoms with Crippen LogP contribution in [0.4, 0.5) is 4.39 Å². The van der Waals surface area contributed by atoms with Crippen molar-refractivity contribution in [3.05, 3.63) is 35.6 Å². The summed E-state index contributed by atoms with van der Waals surface area (Å²) < 4.78 is 13.6. The van der Waals surface area contributed by atoms with E-state index >= 15 is 0 Å². The van der Waals surface area contributed by atoms with Crippen LogP contribution in [0.1, 0.15) is 24.8 Å². The molecule has 3 rings (SSSR count). The number of benzene rings is 1. The Morgan fingerprint density at radius 1 is 1.41 bits per heavy atom. The number of guanidine groups is 1. The maximum absolute atomic E-state index is 13.6. The molecule has 0 aromatic heterocycles. The fraction of sp³-hybridized carbons (Fsp3) is 0.462. The molecule has 4 heteroatoms. The molecule has 3 atom stereocenters. The van der Waals surface area contributed by atoms with E-state index in [-0.39, 0.29) is 11.7 Å². The van der Waals surface area contributed by atoms with Crippen LogP contribution in [0.25, 0.3) is 0 Å². The quantitative estimate of drug-likeness (QED) is 0.814. The van der Waals surface area contributed by atoms with Gasteiger partial charge in [-0.2, -0.15) is 0 Å². The number of rotatable bonds is 2. The third kappa shape index (κ3) is 2.12. The molecule has 1 unspecified atom stereocenters. The summed E-state index contributed by atoms with van der Waals surface area (Å²) in [5, 5.41) is 6.59. The van der Waals surface area contributed by atoms with Crippen molar-refractivity contribution in [3.8, 4) is 0 Å². The molecule has 1 saturated carbocycles. The van der Waals surface area contributed by atoms with Crippen molar-refractivity contribution in [2.45, 2.75) is 31.3 Å². The minimum atomic E-state index is -0.100. The van der Waals surface area contributed by atoms with Gasteiger partial charge in [0.05, 0.1) is 6.54 Å². The topological polar surface area (TPSA) is 36.4 Å². The van der Waals surface area contributed by atoms with Gasteiger partial charge in [0, 0.05) is 18.0 Å². The zero-order chi connectivity index (χ0) is 11.8. The molecule has 2 aliphatic rings. The Balaban J connectivity index is 1.62. The van der Waals surface area contributed by atoms with Gasteiger partial charge in [-0.1, -0.05) is 18.2 Å². The summed E-state index contributed by atoms with van der Waals surface area (Å²) in [4.78, 5) is 4.35. The minimum Gasteiger partial charge on any atom is -0.353 e. The number of nitrogens with zero attached hydrogens (tertiary/aromatic N) is 1. The van der Waals surface area contributed by atoms with Crippen LogP contribution in [0.5, 0.6) is 0 Å². The van der Waals surface area contributed by atoms with Crippen LogP contribution in [0.15, 0.2) is 29.3 Å². The van der Waals surface area contributed by atoms with Gasteiger partial charge < -0.3 is 10.6 Å². The van der Waals surface area contributed by atoms with Crippen molar-refractivity contribution in [1.29, 1.82) is 0 Å². The largest absolute Gasteiger partial charge is 0.353 e. The van der Waals surface area contributed by atoms with Gasteiger partial charge in [-0.15, -0.1) is 0 Å². The van der Waals surface area contributed by atoms with Crippen LogP contribution in [0.3, 0.4) is 0 Å². The molecule has 0 saturated heterocycles. The molecule has 0 amide bonds. The predicted molar refractivity (Wildman–Crippen MR) is 65.6 cm³/mol. The fourth-order valence-corrected chi connectivity index (χ4v) is 2.29. The van der Waals surface area contributed by atoms with E-state index in [1.807, 2.05) is 12.1 Å². The van der Waals surface area contributed by atoms with Crippen molar-refractivity contribution in [2.75, 3.05) is 6.54 Å². The first-order chi connectivity index (χ1) is 8.24. The molecule has 0 radical (unpaired) electrons. The fourth-order valence-electron chi connectivity index (χ4n) is 2.29. The normalized spacial score (nSPS) is 30.7. The van der Waals surface area contributed by atoms with Crippen molar-refractivity contribution >= 4 is 5.96 Å². The van der Waals surface area contributed by atoms with E-state index in [2.05, 4.69) is 22.5 Å². The van der Waals surface area contributed by atoms with Crippen LogP contribution in [0.2, 0.25) is 0 Å². The maximum Gasteiger partial charge on any atom is 0.191 e. The smallest absolute Gasteiger partial charge is 0.191 e. The van der Waals surface area contributed by atoms with Gasteiger partial charge >= 0.3 is 0 Å². The molecule has 0 bridgehead atoms. The van der Waals surface area contributed by atoms with Gasteiger partial charge in [0.1, 0.15) is 5.82 Å². The third-order valence-electron chi connectivity index (χ3n) is 3.32. The van der Waals surface area contributed by atoms with Crippen LogP contribution in [-0.4, -0.2) is 24.6 Å². The zero-order valence-corrected chi connectivity index (χ0v) is 9.78. The molecule has 1 aromatic rings. The highest BCUT2D eigenvalue weighted by Crippen LogP contribution is 2.41. The molecular weight excluding hydrogens is 217 g/mol. The molecule has 90 valence electrons. The number of hydrogen-bond donors (Lipinski definition) is 2. The molecule has 1 fully saturated rings. The van der Waals surface area contributed by atoms with Crippen molar-refractivity contribution in [1.82, 2.24) is 10.6 Å². The molecule has 1 aliphatic heterocycles. The van der Waals surface area contributed by atoms with E-state index in [0.717, 1.165) is 24.5 Å². The molecule has 1 aliphatic carbocycles. The summed E-state index contributed by atoms with van der Waals surface area (Å²) in [5.41, 5.74) is 0.816. The second-order valence-electron chi connectivity index (χ2n) is 4.85. The van der Waals surface area contributed by atoms with Gasteiger partial charge in [-0.05, 0) is 25.0 Å². The average Bonchev–Trinajstić information content (AvgIpc) is 2.93. The number of aliphatic imine (C=N–C) groups is 1. The highest BCUT2D eigenvalue weighted by Gasteiger charge is 2.40. The van der Waals surface area contributed by atoms with Crippen LogP contribution in [0, 0.1) is 5.82 Å². The highest BCUT2D eigenvalue weighted by atomic mass is 19.1. The molecule has 0 spiro atoms. The Hall–Kier alpha value is -1.58. The first-order valence-corrected chi connectivity index (χ1v) is 6.06. The monoisotopic (exact) mass is 233 g/mol. The van der Waals surface area contributed by atoms with Crippen molar-refractivity contribution in [2.24, 2.45) is 4.99 Å². The lowest BCUT2D eigenvalue weighted by Crippen LogP contribution is -2.39. The van der Waals surface area contributed by atoms with Crippen LogP contribution >= 0.6 is 0 Å². The summed E-state index contributed by atoms with van der Waals surface area (Å²) in [6.07, 6.45) is 0.982. The minimum absolute atomic E-state index is 0.100. The molecular formula is C13H16FN3. The summed E-state index contributed by atoms with van der Waals surface area (Å²) in [6.45, 7) is 2.92. The van der Waals surface area contributed by atoms with Gasteiger partial charge in [0.2, 0.25) is 0 Å². The lowest BCUT2D eigenvalue weighted by atomic mass is 10.1. The van der Waals surface area contributed by atoms with E-state index in [9.17, 15) is 4.39 Å². The molecule has 1 aromatic carbocycles. The molecule has 17 heavy (non-hydrogen) atoms. The van der Waals surface area contributed by atoms with Crippen LogP contribution < -0.4 is 10.6 Å². The Labute approximate surface area is 100 Å². The number of hydrogen-bond acceptors (Lipinski definition) is 3. The second-order valence-corrected chi connectivity index (χ2v) is 4.85. The SMILES string of the molecule is CC1CN=C(N[C@@H]2C[C@H]2c2ccccc2F)N1. The summed E-state index contributed by atoms with van der Waals surface area (Å²) in [5.74, 6) is 1.05. The number of halogens is 1. The second kappa shape index (κ2) is 4.02. The first-order valence-electron chi connectivity index (χ1n) is 6.06. The molecule has 1 heterocycles.